The summed E-state index contributed by atoms with van der Waals surface area (Å²) in [7, 11) is 0. The molecule has 1 rings (SSSR count). The van der Waals surface area contributed by atoms with Gasteiger partial charge in [0.05, 0.1) is 6.42 Å². The predicted molar refractivity (Wildman–Crippen MR) is 56.4 cm³/mol. The summed E-state index contributed by atoms with van der Waals surface area (Å²) in [6.07, 6.45) is -0.545. The molecule has 1 aromatic rings. The van der Waals surface area contributed by atoms with E-state index in [1.54, 1.807) is 0 Å². The van der Waals surface area contributed by atoms with Gasteiger partial charge >= 0.3 is 11.9 Å². The zero-order chi connectivity index (χ0) is 13.0. The Morgan fingerprint density at radius 3 is 2.59 bits per heavy atom. The number of hydrogen-bond acceptors (Lipinski definition) is 4. The molecule has 0 aliphatic heterocycles. The third-order valence-corrected chi connectivity index (χ3v) is 2.18. The van der Waals surface area contributed by atoms with Crippen molar-refractivity contribution in [3.63, 3.8) is 0 Å². The van der Waals surface area contributed by atoms with Crippen LogP contribution in [0.15, 0.2) is 10.7 Å². The number of pyridine rings is 1. The SMILES string of the molecule is O=C(O)COc1cc(CC(=O)O)c(F)c(Br)n1. The molecule has 8 heteroatoms. The molecule has 0 saturated heterocycles. The van der Waals surface area contributed by atoms with Crippen LogP contribution in [0.25, 0.3) is 0 Å². The topological polar surface area (TPSA) is 96.7 Å². The van der Waals surface area contributed by atoms with Crippen molar-refractivity contribution in [1.29, 1.82) is 0 Å². The normalized spacial score (nSPS) is 10.0. The summed E-state index contributed by atoms with van der Waals surface area (Å²) >= 11 is 2.79. The largest absolute Gasteiger partial charge is 0.481 e. The number of carboxylic acids is 2. The molecule has 0 fully saturated rings. The third kappa shape index (κ3) is 3.99. The summed E-state index contributed by atoms with van der Waals surface area (Å²) in [5.74, 6) is -3.40. The van der Waals surface area contributed by atoms with Gasteiger partial charge in [-0.25, -0.2) is 14.2 Å². The number of nitrogens with zero attached hydrogens (tertiary/aromatic N) is 1. The molecule has 2 N–H and O–H groups in total. The maximum absolute atomic E-state index is 13.4. The van der Waals surface area contributed by atoms with Crippen LogP contribution in [0.3, 0.4) is 0 Å². The minimum absolute atomic E-state index is 0.139. The van der Waals surface area contributed by atoms with E-state index in [0.717, 1.165) is 6.07 Å². The molecule has 0 aliphatic rings. The van der Waals surface area contributed by atoms with Crippen LogP contribution in [0.5, 0.6) is 5.88 Å². The summed E-state index contributed by atoms with van der Waals surface area (Å²) in [5.41, 5.74) is -0.139. The van der Waals surface area contributed by atoms with Gasteiger partial charge in [0, 0.05) is 11.6 Å². The zero-order valence-electron chi connectivity index (χ0n) is 8.31. The molecule has 0 saturated carbocycles. The fraction of sp³-hybridized carbons (Fsp3) is 0.222. The molecule has 0 amide bonds. The quantitative estimate of drug-likeness (QED) is 0.790. The highest BCUT2D eigenvalue weighted by molar-refractivity contribution is 9.10. The average Bonchev–Trinajstić information content (AvgIpc) is 2.21. The summed E-state index contributed by atoms with van der Waals surface area (Å²) in [5, 5.41) is 16.9. The van der Waals surface area contributed by atoms with E-state index >= 15 is 0 Å². The molecule has 6 nitrogen and oxygen atoms in total. The Morgan fingerprint density at radius 2 is 2.06 bits per heavy atom. The number of halogens is 2. The van der Waals surface area contributed by atoms with Gasteiger partial charge in [-0.05, 0) is 15.9 Å². The lowest BCUT2D eigenvalue weighted by Crippen LogP contribution is -2.11. The first-order valence-electron chi connectivity index (χ1n) is 4.31. The lowest BCUT2D eigenvalue weighted by molar-refractivity contribution is -0.139. The molecular formula is C9H7BrFNO5. The van der Waals surface area contributed by atoms with Crippen LogP contribution in [0.2, 0.25) is 0 Å². The zero-order valence-corrected chi connectivity index (χ0v) is 9.90. The first kappa shape index (κ1) is 13.4. The van der Waals surface area contributed by atoms with Crippen molar-refractivity contribution in [1.82, 2.24) is 4.98 Å². The monoisotopic (exact) mass is 307 g/mol. The maximum Gasteiger partial charge on any atom is 0.341 e. The van der Waals surface area contributed by atoms with Crippen LogP contribution in [0, 0.1) is 5.82 Å². The molecule has 0 bridgehead atoms. The Balaban J connectivity index is 2.97. The van der Waals surface area contributed by atoms with Crippen molar-refractivity contribution in [3.8, 4) is 5.88 Å². The molecule has 92 valence electrons. The maximum atomic E-state index is 13.4. The van der Waals surface area contributed by atoms with Gasteiger partial charge in [-0.2, -0.15) is 0 Å². The molecule has 17 heavy (non-hydrogen) atoms. The summed E-state index contributed by atoms with van der Waals surface area (Å²) in [6, 6.07) is 1.05. The highest BCUT2D eigenvalue weighted by Gasteiger charge is 2.14. The van der Waals surface area contributed by atoms with Crippen molar-refractivity contribution in [2.75, 3.05) is 6.61 Å². The van der Waals surface area contributed by atoms with E-state index in [-0.39, 0.29) is 16.0 Å². The molecule has 0 atom stereocenters. The van der Waals surface area contributed by atoms with Crippen LogP contribution < -0.4 is 4.74 Å². The lowest BCUT2D eigenvalue weighted by Gasteiger charge is -2.06. The van der Waals surface area contributed by atoms with Crippen molar-refractivity contribution in [2.24, 2.45) is 0 Å². The number of aromatic nitrogens is 1. The smallest absolute Gasteiger partial charge is 0.341 e. The van der Waals surface area contributed by atoms with E-state index in [1.165, 1.54) is 0 Å². The predicted octanol–water partition coefficient (Wildman–Crippen LogP) is 1.07. The Morgan fingerprint density at radius 1 is 1.41 bits per heavy atom. The lowest BCUT2D eigenvalue weighted by atomic mass is 10.2. The van der Waals surface area contributed by atoms with Gasteiger partial charge in [-0.1, -0.05) is 0 Å². The van der Waals surface area contributed by atoms with Crippen LogP contribution in [-0.4, -0.2) is 33.7 Å². The minimum atomic E-state index is -1.22. The van der Waals surface area contributed by atoms with E-state index in [1.807, 2.05) is 0 Å². The van der Waals surface area contributed by atoms with Gasteiger partial charge in [0.2, 0.25) is 5.88 Å². The van der Waals surface area contributed by atoms with Gasteiger partial charge in [0.15, 0.2) is 12.4 Å². The van der Waals surface area contributed by atoms with Gasteiger partial charge in [0.25, 0.3) is 0 Å². The molecule has 0 aromatic carbocycles. The first-order valence-corrected chi connectivity index (χ1v) is 5.10. The summed E-state index contributed by atoms with van der Waals surface area (Å²) < 4.78 is 17.9. The number of ether oxygens (including phenoxy) is 1. The molecule has 0 spiro atoms. The van der Waals surface area contributed by atoms with Crippen molar-refractivity contribution < 1.29 is 28.9 Å². The second-order valence-electron chi connectivity index (χ2n) is 2.98. The molecule has 0 aliphatic carbocycles. The van der Waals surface area contributed by atoms with Crippen molar-refractivity contribution in [3.05, 3.63) is 22.1 Å². The first-order chi connectivity index (χ1) is 7.90. The fourth-order valence-electron chi connectivity index (χ4n) is 1.02. The van der Waals surface area contributed by atoms with E-state index in [2.05, 4.69) is 20.9 Å². The number of carboxylic acid groups (broad SMARTS) is 2. The Labute approximate surface area is 103 Å². The molecule has 1 heterocycles. The van der Waals surface area contributed by atoms with E-state index in [4.69, 9.17) is 14.9 Å². The Hall–Kier alpha value is -1.70. The fourth-order valence-corrected chi connectivity index (χ4v) is 1.45. The second-order valence-corrected chi connectivity index (χ2v) is 3.73. The minimum Gasteiger partial charge on any atom is -0.481 e. The standard InChI is InChI=1S/C9H7BrFNO5/c10-9-8(11)4(2-6(13)14)1-5(12-9)17-3-7(15)16/h1H,2-3H2,(H,13,14)(H,15,16). The molecule has 0 radical (unpaired) electrons. The van der Waals surface area contributed by atoms with E-state index in [9.17, 15) is 14.0 Å². The van der Waals surface area contributed by atoms with Gasteiger partial charge in [0.1, 0.15) is 4.60 Å². The Bertz CT molecular complexity index is 465. The second kappa shape index (κ2) is 5.58. The van der Waals surface area contributed by atoms with E-state index in [0.29, 0.717) is 0 Å². The van der Waals surface area contributed by atoms with Gasteiger partial charge in [-0.15, -0.1) is 0 Å². The van der Waals surface area contributed by atoms with E-state index < -0.39 is 30.8 Å². The average molecular weight is 308 g/mol. The molecule has 1 aromatic heterocycles. The highest BCUT2D eigenvalue weighted by atomic mass is 79.9. The number of aliphatic carboxylic acids is 2. The van der Waals surface area contributed by atoms with Crippen LogP contribution in [0.1, 0.15) is 5.56 Å². The Kier molecular flexibility index (Phi) is 4.38. The van der Waals surface area contributed by atoms with Gasteiger partial charge < -0.3 is 14.9 Å². The summed E-state index contributed by atoms with van der Waals surface area (Å²) in [6.45, 7) is -0.641. The van der Waals surface area contributed by atoms with Crippen molar-refractivity contribution >= 4 is 27.9 Å². The van der Waals surface area contributed by atoms with Crippen LogP contribution in [-0.2, 0) is 16.0 Å². The third-order valence-electron chi connectivity index (χ3n) is 1.65. The van der Waals surface area contributed by atoms with Crippen molar-refractivity contribution in [2.45, 2.75) is 6.42 Å². The number of rotatable bonds is 5. The number of hydrogen-bond donors (Lipinski definition) is 2. The highest BCUT2D eigenvalue weighted by Crippen LogP contribution is 2.22. The van der Waals surface area contributed by atoms with Gasteiger partial charge in [-0.3, -0.25) is 4.79 Å². The van der Waals surface area contributed by atoms with Crippen LogP contribution in [0.4, 0.5) is 4.39 Å². The molecule has 0 unspecified atom stereocenters. The summed E-state index contributed by atoms with van der Waals surface area (Å²) in [4.78, 5) is 24.3. The van der Waals surface area contributed by atoms with Crippen LogP contribution >= 0.6 is 15.9 Å². The molecular weight excluding hydrogens is 301 g/mol. The number of carbonyl (C=O) groups is 2.